The van der Waals surface area contributed by atoms with E-state index in [1.807, 2.05) is 0 Å². The van der Waals surface area contributed by atoms with Crippen molar-refractivity contribution >= 4 is 48.4 Å². The molecule has 29 heavy (non-hydrogen) atoms. The number of nitrogens with one attached hydrogen (secondary N) is 1. The molecule has 0 radical (unpaired) electrons. The van der Waals surface area contributed by atoms with Crippen LogP contribution in [0.25, 0.3) is 11.0 Å². The number of aryl methyl sites for hydroxylation is 1. The lowest BCUT2D eigenvalue weighted by molar-refractivity contribution is 0.590. The zero-order valence-corrected chi connectivity index (χ0v) is 17.5. The van der Waals surface area contributed by atoms with Crippen LogP contribution in [0.5, 0.6) is 0 Å². The first-order valence-corrected chi connectivity index (χ1v) is 12.3. The minimum absolute atomic E-state index is 0.0109. The molecular weight excluding hydrogens is 418 g/mol. The maximum absolute atomic E-state index is 11.9. The highest BCUT2D eigenvalue weighted by Crippen LogP contribution is 2.24. The number of sulfonamides is 2. The Bertz CT molecular complexity index is 1190. The van der Waals surface area contributed by atoms with Crippen LogP contribution < -0.4 is 14.8 Å². The van der Waals surface area contributed by atoms with Crippen molar-refractivity contribution in [3.63, 3.8) is 0 Å². The lowest BCUT2D eigenvalue weighted by atomic mass is 10.3. The number of benzene rings is 1. The second kappa shape index (κ2) is 7.93. The van der Waals surface area contributed by atoms with E-state index < -0.39 is 20.0 Å². The van der Waals surface area contributed by atoms with Crippen LogP contribution in [0.4, 0.5) is 17.3 Å². The van der Waals surface area contributed by atoms with Crippen LogP contribution in [0, 0.1) is 0 Å². The van der Waals surface area contributed by atoms with Crippen molar-refractivity contribution in [3.8, 4) is 0 Å². The number of nitrogens with zero attached hydrogens (tertiary/aromatic N) is 5. The van der Waals surface area contributed by atoms with Gasteiger partial charge in [-0.15, -0.1) is 0 Å². The van der Waals surface area contributed by atoms with E-state index in [0.717, 1.165) is 24.3 Å². The van der Waals surface area contributed by atoms with Gasteiger partial charge in [-0.25, -0.2) is 26.5 Å². The van der Waals surface area contributed by atoms with Crippen LogP contribution in [-0.2, 0) is 26.6 Å². The van der Waals surface area contributed by atoms with Crippen LogP contribution in [0.15, 0.2) is 36.7 Å². The lowest BCUT2D eigenvalue weighted by Gasteiger charge is -2.19. The Balaban J connectivity index is 1.86. The standard InChI is InChI=1S/C16H21N7O4S2/c1-28(24,25)23(29(2,26)27)14-6-4-13(5-7-14)20-16-18-10-12-11-19-22(9-3-8-17)15(12)21-16/h4-7,10-11H,3,8-9,17H2,1-2H3,(H,18,20,21). The van der Waals surface area contributed by atoms with Gasteiger partial charge in [-0.05, 0) is 37.2 Å². The van der Waals surface area contributed by atoms with Crippen molar-refractivity contribution in [1.82, 2.24) is 19.7 Å². The first-order chi connectivity index (χ1) is 13.6. The van der Waals surface area contributed by atoms with Crippen molar-refractivity contribution < 1.29 is 16.8 Å². The van der Waals surface area contributed by atoms with Gasteiger partial charge in [0.1, 0.15) is 0 Å². The van der Waals surface area contributed by atoms with Crippen molar-refractivity contribution in [2.75, 3.05) is 28.1 Å². The van der Waals surface area contributed by atoms with E-state index in [-0.39, 0.29) is 5.69 Å². The van der Waals surface area contributed by atoms with Gasteiger partial charge in [0.15, 0.2) is 5.65 Å². The molecule has 2 heterocycles. The van der Waals surface area contributed by atoms with Crippen molar-refractivity contribution in [2.45, 2.75) is 13.0 Å². The minimum atomic E-state index is -4.00. The fourth-order valence-electron chi connectivity index (χ4n) is 2.76. The van der Waals surface area contributed by atoms with Crippen LogP contribution in [-0.4, -0.2) is 55.6 Å². The van der Waals surface area contributed by atoms with E-state index in [0.29, 0.717) is 34.1 Å². The summed E-state index contributed by atoms with van der Waals surface area (Å²) in [6.45, 7) is 1.18. The van der Waals surface area contributed by atoms with Gasteiger partial charge in [0.2, 0.25) is 26.0 Å². The molecule has 0 saturated carbocycles. The van der Waals surface area contributed by atoms with Crippen molar-refractivity contribution in [2.24, 2.45) is 5.73 Å². The first-order valence-electron chi connectivity index (χ1n) is 8.56. The van der Waals surface area contributed by atoms with Gasteiger partial charge in [0, 0.05) is 18.4 Å². The van der Waals surface area contributed by atoms with Crippen molar-refractivity contribution in [1.29, 1.82) is 0 Å². The van der Waals surface area contributed by atoms with Gasteiger partial charge < -0.3 is 11.1 Å². The highest BCUT2D eigenvalue weighted by atomic mass is 32.3. The molecule has 13 heteroatoms. The summed E-state index contributed by atoms with van der Waals surface area (Å²) in [5.74, 6) is 0.322. The summed E-state index contributed by atoms with van der Waals surface area (Å²) in [7, 11) is -7.99. The molecule has 156 valence electrons. The van der Waals surface area contributed by atoms with E-state index in [1.165, 1.54) is 24.3 Å². The molecule has 1 aromatic carbocycles. The molecule has 3 rings (SSSR count). The topological polar surface area (TPSA) is 153 Å². The summed E-state index contributed by atoms with van der Waals surface area (Å²) < 4.78 is 49.5. The molecule has 0 unspecified atom stereocenters. The molecule has 0 atom stereocenters. The summed E-state index contributed by atoms with van der Waals surface area (Å²) in [6.07, 6.45) is 5.74. The summed E-state index contributed by atoms with van der Waals surface area (Å²) >= 11 is 0. The Morgan fingerprint density at radius 3 is 2.31 bits per heavy atom. The lowest BCUT2D eigenvalue weighted by Crippen LogP contribution is -2.35. The Kier molecular flexibility index (Phi) is 5.73. The molecule has 0 aliphatic rings. The second-order valence-electron chi connectivity index (χ2n) is 6.38. The third-order valence-corrected chi connectivity index (χ3v) is 7.14. The number of hydrogen-bond acceptors (Lipinski definition) is 9. The fourth-order valence-corrected chi connectivity index (χ4v) is 5.73. The molecule has 0 spiro atoms. The summed E-state index contributed by atoms with van der Waals surface area (Å²) in [5, 5.41) is 8.07. The van der Waals surface area contributed by atoms with Crippen molar-refractivity contribution in [3.05, 3.63) is 36.7 Å². The monoisotopic (exact) mass is 439 g/mol. The quantitative estimate of drug-likeness (QED) is 0.515. The number of fused-ring (bicyclic) bond motifs is 1. The molecule has 0 bridgehead atoms. The van der Waals surface area contributed by atoms with E-state index >= 15 is 0 Å². The molecule has 2 aromatic heterocycles. The van der Waals surface area contributed by atoms with Crippen LogP contribution in [0.2, 0.25) is 0 Å². The summed E-state index contributed by atoms with van der Waals surface area (Å²) in [6, 6.07) is 5.85. The molecule has 0 amide bonds. The predicted molar refractivity (Wildman–Crippen MR) is 111 cm³/mol. The zero-order valence-electron chi connectivity index (χ0n) is 15.8. The Morgan fingerprint density at radius 1 is 1.07 bits per heavy atom. The average molecular weight is 440 g/mol. The summed E-state index contributed by atoms with van der Waals surface area (Å²) in [5.41, 5.74) is 6.77. The van der Waals surface area contributed by atoms with Crippen LogP contribution >= 0.6 is 0 Å². The summed E-state index contributed by atoms with van der Waals surface area (Å²) in [4.78, 5) is 8.68. The smallest absolute Gasteiger partial charge is 0.245 e. The molecule has 3 N–H and O–H groups in total. The number of anilines is 3. The molecule has 0 saturated heterocycles. The highest BCUT2D eigenvalue weighted by Gasteiger charge is 2.27. The SMILES string of the molecule is CS(=O)(=O)N(c1ccc(Nc2ncc3cnn(CCCN)c3n2)cc1)S(C)(=O)=O. The van der Waals surface area contributed by atoms with E-state index in [1.54, 1.807) is 17.1 Å². The molecule has 0 aliphatic carbocycles. The third kappa shape index (κ3) is 4.81. The number of rotatable bonds is 8. The third-order valence-electron chi connectivity index (χ3n) is 3.89. The average Bonchev–Trinajstić information content (AvgIpc) is 3.01. The van der Waals surface area contributed by atoms with Gasteiger partial charge in [-0.2, -0.15) is 13.8 Å². The molecular formula is C16H21N7O4S2. The fraction of sp³-hybridized carbons (Fsp3) is 0.312. The number of hydrogen-bond donors (Lipinski definition) is 2. The maximum Gasteiger partial charge on any atom is 0.245 e. The van der Waals surface area contributed by atoms with Gasteiger partial charge in [-0.3, -0.25) is 0 Å². The highest BCUT2D eigenvalue weighted by molar-refractivity contribution is 8.09. The van der Waals surface area contributed by atoms with Gasteiger partial charge >= 0.3 is 0 Å². The second-order valence-corrected chi connectivity index (χ2v) is 10.3. The first kappa shape index (κ1) is 21.0. The Morgan fingerprint density at radius 2 is 1.72 bits per heavy atom. The van der Waals surface area contributed by atoms with Gasteiger partial charge in [0.05, 0.1) is 29.8 Å². The normalized spacial score (nSPS) is 12.2. The predicted octanol–water partition coefficient (Wildman–Crippen LogP) is 0.644. The van der Waals surface area contributed by atoms with Crippen LogP contribution in [0.3, 0.4) is 0 Å². The van der Waals surface area contributed by atoms with Gasteiger partial charge in [0.25, 0.3) is 0 Å². The minimum Gasteiger partial charge on any atom is -0.330 e. The molecule has 3 aromatic rings. The Labute approximate surface area is 168 Å². The van der Waals surface area contributed by atoms with Crippen LogP contribution in [0.1, 0.15) is 6.42 Å². The van der Waals surface area contributed by atoms with Gasteiger partial charge in [-0.1, -0.05) is 0 Å². The molecule has 11 nitrogen and oxygen atoms in total. The number of nitrogens with two attached hydrogens (primary N) is 1. The number of aromatic nitrogens is 4. The van der Waals surface area contributed by atoms with E-state index in [2.05, 4.69) is 20.4 Å². The van der Waals surface area contributed by atoms with E-state index in [9.17, 15) is 16.8 Å². The molecule has 0 aliphatic heterocycles. The Hall–Kier alpha value is -2.77. The maximum atomic E-state index is 11.9. The largest absolute Gasteiger partial charge is 0.330 e. The molecule has 0 fully saturated rings. The zero-order chi connectivity index (χ0) is 21.2. The van der Waals surface area contributed by atoms with E-state index in [4.69, 9.17) is 5.73 Å².